The number of hydrogen-bond donors (Lipinski definition) is 1. The monoisotopic (exact) mass is 394 g/mol. The second-order valence-electron chi connectivity index (χ2n) is 6.80. The Bertz CT molecular complexity index is 1140. The first-order valence-electron chi connectivity index (χ1n) is 9.14. The summed E-state index contributed by atoms with van der Waals surface area (Å²) in [7, 11) is 0. The molecule has 1 saturated heterocycles. The Morgan fingerprint density at radius 3 is 2.82 bits per heavy atom. The first-order valence-corrected chi connectivity index (χ1v) is 9.95. The number of nitrogens with zero attached hydrogens (tertiary/aromatic N) is 2. The molecule has 7 heteroatoms. The van der Waals surface area contributed by atoms with E-state index in [0.29, 0.717) is 35.9 Å². The van der Waals surface area contributed by atoms with Crippen LogP contribution in [-0.4, -0.2) is 47.1 Å². The van der Waals surface area contributed by atoms with Gasteiger partial charge in [-0.2, -0.15) is 0 Å². The average molecular weight is 394 g/mol. The van der Waals surface area contributed by atoms with Gasteiger partial charge < -0.3 is 14.3 Å². The van der Waals surface area contributed by atoms with Crippen LogP contribution in [0.5, 0.6) is 5.75 Å². The largest absolute Gasteiger partial charge is 0.507 e. The SMILES string of the molecule is O=C(c1cc2ccc(O)c(CN3CCOCC3)c2o1)c1nc2ccccc2s1. The number of thiazole rings is 1. The molecule has 0 unspecified atom stereocenters. The summed E-state index contributed by atoms with van der Waals surface area (Å²) in [5, 5.41) is 11.6. The minimum atomic E-state index is -0.241. The molecule has 0 saturated carbocycles. The molecule has 6 nitrogen and oxygen atoms in total. The van der Waals surface area contributed by atoms with Gasteiger partial charge in [-0.3, -0.25) is 9.69 Å². The highest BCUT2D eigenvalue weighted by Crippen LogP contribution is 2.32. The van der Waals surface area contributed by atoms with Crippen molar-refractivity contribution in [3.63, 3.8) is 0 Å². The lowest BCUT2D eigenvalue weighted by Crippen LogP contribution is -2.35. The van der Waals surface area contributed by atoms with Crippen LogP contribution in [0.25, 0.3) is 21.2 Å². The Balaban J connectivity index is 1.51. The quantitative estimate of drug-likeness (QED) is 0.531. The number of aromatic hydroxyl groups is 1. The zero-order chi connectivity index (χ0) is 19.1. The first-order chi connectivity index (χ1) is 13.7. The maximum Gasteiger partial charge on any atom is 0.256 e. The fourth-order valence-electron chi connectivity index (χ4n) is 3.47. The molecule has 0 radical (unpaired) electrons. The van der Waals surface area contributed by atoms with E-state index in [1.165, 1.54) is 11.3 Å². The number of phenolic OH excluding ortho intramolecular Hbond substituents is 1. The molecule has 28 heavy (non-hydrogen) atoms. The van der Waals surface area contributed by atoms with E-state index in [9.17, 15) is 9.90 Å². The lowest BCUT2D eigenvalue weighted by Gasteiger charge is -2.26. The van der Waals surface area contributed by atoms with Crippen LogP contribution in [0.3, 0.4) is 0 Å². The third-order valence-corrected chi connectivity index (χ3v) is 6.00. The number of rotatable bonds is 4. The minimum Gasteiger partial charge on any atom is -0.507 e. The summed E-state index contributed by atoms with van der Waals surface area (Å²) >= 11 is 1.35. The summed E-state index contributed by atoms with van der Waals surface area (Å²) in [6, 6.07) is 12.8. The van der Waals surface area contributed by atoms with Crippen molar-refractivity contribution in [2.24, 2.45) is 0 Å². The summed E-state index contributed by atoms with van der Waals surface area (Å²) in [4.78, 5) is 19.6. The Labute approximate surface area is 165 Å². The van der Waals surface area contributed by atoms with Crippen molar-refractivity contribution in [3.8, 4) is 5.75 Å². The second kappa shape index (κ2) is 7.01. The number of carbonyl (C=O) groups excluding carboxylic acids is 1. The van der Waals surface area contributed by atoms with Gasteiger partial charge >= 0.3 is 0 Å². The highest BCUT2D eigenvalue weighted by Gasteiger charge is 2.22. The zero-order valence-corrected chi connectivity index (χ0v) is 15.9. The fourth-order valence-corrected chi connectivity index (χ4v) is 4.38. The van der Waals surface area contributed by atoms with Gasteiger partial charge in [0, 0.05) is 25.0 Å². The number of furan rings is 1. The average Bonchev–Trinajstić information content (AvgIpc) is 3.35. The topological polar surface area (TPSA) is 75.8 Å². The van der Waals surface area contributed by atoms with Gasteiger partial charge in [0.25, 0.3) is 5.78 Å². The number of fused-ring (bicyclic) bond motifs is 2. The lowest BCUT2D eigenvalue weighted by atomic mass is 10.1. The standard InChI is InChI=1S/C21H18N2O4S/c24-16-6-5-13-11-17(19(25)21-22-15-3-1-2-4-18(15)28-21)27-20(13)14(16)12-23-7-9-26-10-8-23/h1-6,11,24H,7-10,12H2. The molecule has 0 amide bonds. The van der Waals surface area contributed by atoms with Gasteiger partial charge in [-0.25, -0.2) is 4.98 Å². The maximum absolute atomic E-state index is 12.9. The summed E-state index contributed by atoms with van der Waals surface area (Å²) in [6.07, 6.45) is 0. The van der Waals surface area contributed by atoms with E-state index in [1.807, 2.05) is 24.3 Å². The van der Waals surface area contributed by atoms with Gasteiger partial charge in [0.15, 0.2) is 10.8 Å². The number of ketones is 1. The minimum absolute atomic E-state index is 0.173. The van der Waals surface area contributed by atoms with E-state index >= 15 is 0 Å². The van der Waals surface area contributed by atoms with Crippen LogP contribution in [0, 0.1) is 0 Å². The number of phenols is 1. The van der Waals surface area contributed by atoms with E-state index in [4.69, 9.17) is 9.15 Å². The van der Waals surface area contributed by atoms with Crippen molar-refractivity contribution in [1.29, 1.82) is 0 Å². The van der Waals surface area contributed by atoms with E-state index in [-0.39, 0.29) is 17.3 Å². The van der Waals surface area contributed by atoms with E-state index in [2.05, 4.69) is 9.88 Å². The van der Waals surface area contributed by atoms with Crippen molar-refractivity contribution in [3.05, 3.63) is 58.8 Å². The second-order valence-corrected chi connectivity index (χ2v) is 7.83. The predicted molar refractivity (Wildman–Crippen MR) is 107 cm³/mol. The number of carbonyl (C=O) groups is 1. The maximum atomic E-state index is 12.9. The van der Waals surface area contributed by atoms with Gasteiger partial charge in [-0.1, -0.05) is 12.1 Å². The third-order valence-electron chi connectivity index (χ3n) is 4.96. The molecule has 3 heterocycles. The normalized spacial score (nSPS) is 15.4. The van der Waals surface area contributed by atoms with Gasteiger partial charge in [-0.15, -0.1) is 11.3 Å². The van der Waals surface area contributed by atoms with Crippen LogP contribution >= 0.6 is 11.3 Å². The van der Waals surface area contributed by atoms with E-state index < -0.39 is 0 Å². The molecule has 1 aliphatic heterocycles. The van der Waals surface area contributed by atoms with Crippen molar-refractivity contribution >= 4 is 38.3 Å². The third kappa shape index (κ3) is 3.07. The number of benzene rings is 2. The summed E-state index contributed by atoms with van der Waals surface area (Å²) in [6.45, 7) is 3.50. The van der Waals surface area contributed by atoms with Crippen molar-refractivity contribution in [2.75, 3.05) is 26.3 Å². The number of aromatic nitrogens is 1. The fraction of sp³-hybridized carbons (Fsp3) is 0.238. The molecule has 0 spiro atoms. The summed E-state index contributed by atoms with van der Waals surface area (Å²) < 4.78 is 12.3. The molecular formula is C21H18N2O4S. The molecule has 1 N–H and O–H groups in total. The van der Waals surface area contributed by atoms with E-state index in [1.54, 1.807) is 18.2 Å². The van der Waals surface area contributed by atoms with Crippen LogP contribution in [0.15, 0.2) is 46.9 Å². The molecular weight excluding hydrogens is 376 g/mol. The molecule has 0 aliphatic carbocycles. The molecule has 1 aliphatic rings. The molecule has 2 aromatic carbocycles. The highest BCUT2D eigenvalue weighted by molar-refractivity contribution is 7.20. The smallest absolute Gasteiger partial charge is 0.256 e. The molecule has 142 valence electrons. The Morgan fingerprint density at radius 2 is 2.00 bits per heavy atom. The van der Waals surface area contributed by atoms with Gasteiger partial charge in [0.05, 0.1) is 29.0 Å². The number of morpholine rings is 1. The van der Waals surface area contributed by atoms with Crippen LogP contribution < -0.4 is 0 Å². The van der Waals surface area contributed by atoms with Crippen LogP contribution in [0.1, 0.15) is 21.1 Å². The van der Waals surface area contributed by atoms with Crippen molar-refractivity contribution in [2.45, 2.75) is 6.54 Å². The van der Waals surface area contributed by atoms with Crippen LogP contribution in [0.4, 0.5) is 0 Å². The number of para-hydroxylation sites is 1. The Hall–Kier alpha value is -2.74. The lowest BCUT2D eigenvalue weighted by molar-refractivity contribution is 0.0339. The Morgan fingerprint density at radius 1 is 1.18 bits per heavy atom. The zero-order valence-electron chi connectivity index (χ0n) is 15.1. The number of ether oxygens (including phenoxy) is 1. The number of hydrogen-bond acceptors (Lipinski definition) is 7. The summed E-state index contributed by atoms with van der Waals surface area (Å²) in [5.74, 6) is 0.171. The summed E-state index contributed by atoms with van der Waals surface area (Å²) in [5.41, 5.74) is 2.05. The molecule has 4 aromatic rings. The predicted octanol–water partition coefficient (Wildman–Crippen LogP) is 3.81. The van der Waals surface area contributed by atoms with Gasteiger partial charge in [0.2, 0.25) is 0 Å². The van der Waals surface area contributed by atoms with Crippen molar-refractivity contribution < 1.29 is 19.1 Å². The Kier molecular flexibility index (Phi) is 4.35. The van der Waals surface area contributed by atoms with Crippen LogP contribution in [0.2, 0.25) is 0 Å². The highest BCUT2D eigenvalue weighted by atomic mass is 32.1. The molecule has 0 bridgehead atoms. The van der Waals surface area contributed by atoms with Crippen LogP contribution in [-0.2, 0) is 11.3 Å². The molecule has 5 rings (SSSR count). The molecule has 0 atom stereocenters. The van der Waals surface area contributed by atoms with Gasteiger partial charge in [-0.05, 0) is 30.3 Å². The van der Waals surface area contributed by atoms with Gasteiger partial charge in [0.1, 0.15) is 11.3 Å². The molecule has 2 aromatic heterocycles. The molecule has 1 fully saturated rings. The van der Waals surface area contributed by atoms with E-state index in [0.717, 1.165) is 28.7 Å². The first kappa shape index (κ1) is 17.4. The van der Waals surface area contributed by atoms with Crippen molar-refractivity contribution in [1.82, 2.24) is 9.88 Å².